The fourth-order valence-electron chi connectivity index (χ4n) is 1.62. The topological polar surface area (TPSA) is 71.3 Å². The van der Waals surface area contributed by atoms with Crippen LogP contribution in [-0.4, -0.2) is 24.9 Å². The predicted octanol–water partition coefficient (Wildman–Crippen LogP) is 2.34. The number of hydrogen-bond acceptors (Lipinski definition) is 3. The van der Waals surface area contributed by atoms with Crippen molar-refractivity contribution in [3.63, 3.8) is 0 Å². The number of rotatable bonds is 5. The van der Waals surface area contributed by atoms with Crippen LogP contribution in [-0.2, 0) is 0 Å². The van der Waals surface area contributed by atoms with Crippen LogP contribution in [0.25, 0.3) is 0 Å². The summed E-state index contributed by atoms with van der Waals surface area (Å²) in [4.78, 5) is 23.3. The van der Waals surface area contributed by atoms with E-state index in [4.69, 9.17) is 4.42 Å². The number of hydrogen-bond donors (Lipinski definition) is 2. The van der Waals surface area contributed by atoms with Crippen LogP contribution in [0.2, 0.25) is 0 Å². The highest BCUT2D eigenvalue weighted by atomic mass is 79.9. The minimum Gasteiger partial charge on any atom is -0.459 e. The first kappa shape index (κ1) is 15.2. The maximum Gasteiger partial charge on any atom is 0.287 e. The second-order valence-corrected chi connectivity index (χ2v) is 5.03. The van der Waals surface area contributed by atoms with Gasteiger partial charge in [-0.3, -0.25) is 9.59 Å². The zero-order valence-corrected chi connectivity index (χ0v) is 12.4. The number of nitrogens with one attached hydrogen (secondary N) is 2. The highest BCUT2D eigenvalue weighted by Gasteiger charge is 2.12. The number of carbonyl (C=O) groups is 2. The standard InChI is InChI=1S/C14H12BrFN2O3/c15-9-3-4-10(11(16)8-9)13(19)17-5-6-18-14(20)12-2-1-7-21-12/h1-4,7-8H,5-6H2,(H,17,19)(H,18,20). The average molecular weight is 355 g/mol. The van der Waals surface area contributed by atoms with Gasteiger partial charge in [0.1, 0.15) is 5.82 Å². The van der Waals surface area contributed by atoms with Crippen molar-refractivity contribution >= 4 is 27.7 Å². The van der Waals surface area contributed by atoms with Gasteiger partial charge in [-0.05, 0) is 30.3 Å². The maximum atomic E-state index is 13.6. The zero-order chi connectivity index (χ0) is 15.2. The van der Waals surface area contributed by atoms with Crippen LogP contribution in [0.1, 0.15) is 20.9 Å². The monoisotopic (exact) mass is 354 g/mol. The molecule has 0 atom stereocenters. The molecule has 0 saturated heterocycles. The smallest absolute Gasteiger partial charge is 0.287 e. The molecule has 2 N–H and O–H groups in total. The van der Waals surface area contributed by atoms with Crippen molar-refractivity contribution in [2.24, 2.45) is 0 Å². The molecule has 0 radical (unpaired) electrons. The van der Waals surface area contributed by atoms with Gasteiger partial charge in [-0.15, -0.1) is 0 Å². The molecule has 21 heavy (non-hydrogen) atoms. The maximum absolute atomic E-state index is 13.6. The number of amides is 2. The lowest BCUT2D eigenvalue weighted by molar-refractivity contribution is 0.0909. The summed E-state index contributed by atoms with van der Waals surface area (Å²) in [6, 6.07) is 7.32. The third-order valence-corrected chi connectivity index (χ3v) is 3.11. The van der Waals surface area contributed by atoms with E-state index < -0.39 is 11.7 Å². The van der Waals surface area contributed by atoms with Gasteiger partial charge >= 0.3 is 0 Å². The summed E-state index contributed by atoms with van der Waals surface area (Å²) in [5, 5.41) is 5.09. The molecule has 0 fully saturated rings. The second kappa shape index (κ2) is 7.03. The Balaban J connectivity index is 1.78. The van der Waals surface area contributed by atoms with E-state index >= 15 is 0 Å². The molecule has 0 saturated carbocycles. The van der Waals surface area contributed by atoms with Crippen molar-refractivity contribution in [2.75, 3.05) is 13.1 Å². The van der Waals surface area contributed by atoms with Crippen molar-refractivity contribution in [1.82, 2.24) is 10.6 Å². The Labute approximate surface area is 128 Å². The van der Waals surface area contributed by atoms with E-state index in [-0.39, 0.29) is 30.3 Å². The Morgan fingerprint density at radius 3 is 2.48 bits per heavy atom. The summed E-state index contributed by atoms with van der Waals surface area (Å²) in [5.41, 5.74) is -0.0458. The summed E-state index contributed by atoms with van der Waals surface area (Å²) < 4.78 is 19.0. The molecule has 0 unspecified atom stereocenters. The van der Waals surface area contributed by atoms with Crippen LogP contribution in [0.3, 0.4) is 0 Å². The van der Waals surface area contributed by atoms with Gasteiger partial charge in [0.15, 0.2) is 5.76 Å². The van der Waals surface area contributed by atoms with E-state index in [0.29, 0.717) is 4.47 Å². The summed E-state index contributed by atoms with van der Waals surface area (Å²) >= 11 is 3.12. The van der Waals surface area contributed by atoms with Gasteiger partial charge in [0.2, 0.25) is 0 Å². The molecule has 0 bridgehead atoms. The minimum absolute atomic E-state index is 0.0458. The minimum atomic E-state index is -0.610. The number of furan rings is 1. The first-order valence-corrected chi connectivity index (χ1v) is 6.92. The van der Waals surface area contributed by atoms with Crippen molar-refractivity contribution in [3.05, 3.63) is 58.2 Å². The SMILES string of the molecule is O=C(NCCNC(=O)c1ccc(Br)cc1F)c1ccco1. The van der Waals surface area contributed by atoms with Crippen molar-refractivity contribution in [1.29, 1.82) is 0 Å². The van der Waals surface area contributed by atoms with E-state index in [1.54, 1.807) is 12.1 Å². The highest BCUT2D eigenvalue weighted by Crippen LogP contribution is 2.14. The van der Waals surface area contributed by atoms with Crippen LogP contribution in [0, 0.1) is 5.82 Å². The zero-order valence-electron chi connectivity index (χ0n) is 10.9. The Kier molecular flexibility index (Phi) is 5.10. The molecule has 2 rings (SSSR count). The number of carbonyl (C=O) groups excluding carboxylic acids is 2. The van der Waals surface area contributed by atoms with Crippen LogP contribution in [0.4, 0.5) is 4.39 Å². The third-order valence-electron chi connectivity index (χ3n) is 2.62. The van der Waals surface area contributed by atoms with Crippen molar-refractivity contribution in [2.45, 2.75) is 0 Å². The van der Waals surface area contributed by atoms with Gasteiger partial charge < -0.3 is 15.1 Å². The van der Waals surface area contributed by atoms with Crippen LogP contribution in [0.15, 0.2) is 45.5 Å². The van der Waals surface area contributed by atoms with Gasteiger partial charge in [0.25, 0.3) is 11.8 Å². The lowest BCUT2D eigenvalue weighted by Gasteiger charge is -2.07. The van der Waals surface area contributed by atoms with Crippen LogP contribution >= 0.6 is 15.9 Å². The first-order chi connectivity index (χ1) is 10.1. The molecular weight excluding hydrogens is 343 g/mol. The molecule has 0 aliphatic carbocycles. The normalized spacial score (nSPS) is 10.2. The predicted molar refractivity (Wildman–Crippen MR) is 77.5 cm³/mol. The molecule has 2 amide bonds. The van der Waals surface area contributed by atoms with Gasteiger partial charge in [-0.1, -0.05) is 15.9 Å². The number of halogens is 2. The molecule has 0 spiro atoms. The van der Waals surface area contributed by atoms with Crippen LogP contribution in [0.5, 0.6) is 0 Å². The Hall–Kier alpha value is -2.15. The molecule has 7 heteroatoms. The third kappa shape index (κ3) is 4.16. The van der Waals surface area contributed by atoms with Crippen LogP contribution < -0.4 is 10.6 Å². The molecule has 2 aromatic rings. The summed E-state index contributed by atoms with van der Waals surface area (Å²) in [7, 11) is 0. The Morgan fingerprint density at radius 1 is 1.14 bits per heavy atom. The quantitative estimate of drug-likeness (QED) is 0.809. The van der Waals surface area contributed by atoms with E-state index in [1.165, 1.54) is 24.5 Å². The Morgan fingerprint density at radius 2 is 1.86 bits per heavy atom. The van der Waals surface area contributed by atoms with Gasteiger partial charge in [-0.2, -0.15) is 0 Å². The van der Waals surface area contributed by atoms with E-state index in [9.17, 15) is 14.0 Å². The molecule has 0 aliphatic heterocycles. The largest absolute Gasteiger partial charge is 0.459 e. The lowest BCUT2D eigenvalue weighted by Crippen LogP contribution is -2.34. The lowest BCUT2D eigenvalue weighted by atomic mass is 10.2. The van der Waals surface area contributed by atoms with E-state index in [2.05, 4.69) is 26.6 Å². The van der Waals surface area contributed by atoms with E-state index in [0.717, 1.165) is 0 Å². The Bertz CT molecular complexity index is 644. The first-order valence-electron chi connectivity index (χ1n) is 6.13. The molecule has 1 heterocycles. The van der Waals surface area contributed by atoms with Gasteiger partial charge in [0.05, 0.1) is 11.8 Å². The summed E-state index contributed by atoms with van der Waals surface area (Å²) in [6.07, 6.45) is 1.40. The molecule has 1 aromatic heterocycles. The van der Waals surface area contributed by atoms with Gasteiger partial charge in [0, 0.05) is 17.6 Å². The van der Waals surface area contributed by atoms with Crippen molar-refractivity contribution in [3.8, 4) is 0 Å². The fourth-order valence-corrected chi connectivity index (χ4v) is 1.95. The highest BCUT2D eigenvalue weighted by molar-refractivity contribution is 9.10. The molecule has 0 aliphatic rings. The fraction of sp³-hybridized carbons (Fsp3) is 0.143. The van der Waals surface area contributed by atoms with E-state index in [1.807, 2.05) is 0 Å². The average Bonchev–Trinajstić information content (AvgIpc) is 2.97. The molecule has 1 aromatic carbocycles. The van der Waals surface area contributed by atoms with Crippen molar-refractivity contribution < 1.29 is 18.4 Å². The molecular formula is C14H12BrFN2O3. The van der Waals surface area contributed by atoms with Gasteiger partial charge in [-0.25, -0.2) is 4.39 Å². The second-order valence-electron chi connectivity index (χ2n) is 4.11. The molecule has 5 nitrogen and oxygen atoms in total. The summed E-state index contributed by atoms with van der Waals surface area (Å²) in [5.74, 6) is -1.32. The summed E-state index contributed by atoms with van der Waals surface area (Å²) in [6.45, 7) is 0.393. The number of benzene rings is 1. The molecule has 110 valence electrons.